The third-order valence-corrected chi connectivity index (χ3v) is 4.02. The lowest BCUT2D eigenvalue weighted by Gasteiger charge is -2.11. The van der Waals surface area contributed by atoms with E-state index in [0.29, 0.717) is 11.1 Å². The molecule has 0 saturated heterocycles. The SMILES string of the molecule is Cc1ccc(C#N)cc1-c1cccc2ccc(C(=O)N=C(N)N)cc12. The van der Waals surface area contributed by atoms with Crippen LogP contribution < -0.4 is 11.5 Å². The van der Waals surface area contributed by atoms with Crippen LogP contribution in [0.15, 0.2) is 59.6 Å². The first-order valence-electron chi connectivity index (χ1n) is 7.67. The van der Waals surface area contributed by atoms with Gasteiger partial charge >= 0.3 is 0 Å². The Labute approximate surface area is 145 Å². The fourth-order valence-corrected chi connectivity index (χ4v) is 2.80. The molecule has 0 atom stereocenters. The normalized spacial score (nSPS) is 10.2. The molecule has 0 fully saturated rings. The maximum Gasteiger partial charge on any atom is 0.280 e. The Morgan fingerprint density at radius 1 is 1.04 bits per heavy atom. The van der Waals surface area contributed by atoms with Crippen LogP contribution in [-0.4, -0.2) is 11.9 Å². The molecular formula is C20H16N4O. The molecule has 5 nitrogen and oxygen atoms in total. The number of nitrogens with zero attached hydrogens (tertiary/aromatic N) is 2. The number of carbonyl (C=O) groups is 1. The second-order valence-electron chi connectivity index (χ2n) is 5.72. The Morgan fingerprint density at radius 2 is 1.84 bits per heavy atom. The summed E-state index contributed by atoms with van der Waals surface area (Å²) >= 11 is 0. The van der Waals surface area contributed by atoms with E-state index in [1.54, 1.807) is 18.2 Å². The Morgan fingerprint density at radius 3 is 2.56 bits per heavy atom. The summed E-state index contributed by atoms with van der Waals surface area (Å²) in [6.07, 6.45) is 0. The van der Waals surface area contributed by atoms with Crippen molar-refractivity contribution in [2.24, 2.45) is 16.5 Å². The molecule has 0 unspecified atom stereocenters. The lowest BCUT2D eigenvalue weighted by molar-refractivity contribution is 0.100. The van der Waals surface area contributed by atoms with Crippen LogP contribution in [0.4, 0.5) is 0 Å². The first-order chi connectivity index (χ1) is 12.0. The highest BCUT2D eigenvalue weighted by molar-refractivity contribution is 6.06. The molecular weight excluding hydrogens is 312 g/mol. The van der Waals surface area contributed by atoms with Gasteiger partial charge in [0, 0.05) is 5.56 Å². The van der Waals surface area contributed by atoms with E-state index < -0.39 is 5.91 Å². The van der Waals surface area contributed by atoms with E-state index >= 15 is 0 Å². The number of rotatable bonds is 2. The summed E-state index contributed by atoms with van der Waals surface area (Å²) in [4.78, 5) is 15.7. The molecule has 0 bridgehead atoms. The van der Waals surface area contributed by atoms with Gasteiger partial charge in [0.1, 0.15) is 0 Å². The minimum Gasteiger partial charge on any atom is -0.370 e. The molecule has 0 radical (unpaired) electrons. The molecule has 0 aliphatic heterocycles. The summed E-state index contributed by atoms with van der Waals surface area (Å²) in [7, 11) is 0. The third kappa shape index (κ3) is 3.19. The zero-order valence-electron chi connectivity index (χ0n) is 13.7. The summed E-state index contributed by atoms with van der Waals surface area (Å²) in [5.41, 5.74) is 14.5. The van der Waals surface area contributed by atoms with E-state index in [2.05, 4.69) is 11.1 Å². The first kappa shape index (κ1) is 16.2. The van der Waals surface area contributed by atoms with Crippen molar-refractivity contribution in [2.45, 2.75) is 6.92 Å². The summed E-state index contributed by atoms with van der Waals surface area (Å²) in [5.74, 6) is -0.754. The quantitative estimate of drug-likeness (QED) is 0.557. The van der Waals surface area contributed by atoms with Crippen LogP contribution in [0.3, 0.4) is 0 Å². The van der Waals surface area contributed by atoms with Crippen LogP contribution in [0.1, 0.15) is 21.5 Å². The molecule has 5 heteroatoms. The molecule has 3 aromatic rings. The predicted molar refractivity (Wildman–Crippen MR) is 99.0 cm³/mol. The molecule has 0 aliphatic rings. The number of benzene rings is 3. The summed E-state index contributed by atoms with van der Waals surface area (Å²) in [6, 6.07) is 18.9. The number of fused-ring (bicyclic) bond motifs is 1. The van der Waals surface area contributed by atoms with Crippen molar-refractivity contribution < 1.29 is 4.79 Å². The predicted octanol–water partition coefficient (Wildman–Crippen LogP) is 3.10. The molecule has 0 aromatic heterocycles. The van der Waals surface area contributed by atoms with E-state index in [1.807, 2.05) is 43.3 Å². The summed E-state index contributed by atoms with van der Waals surface area (Å²) in [5, 5.41) is 11.1. The summed E-state index contributed by atoms with van der Waals surface area (Å²) in [6.45, 7) is 1.99. The standard InChI is InChI=1S/C20H16N4O/c1-12-5-6-13(11-21)9-17(12)16-4-2-3-14-7-8-15(10-18(14)16)19(25)24-20(22)23/h2-10H,1H3,(H4,22,23,24,25). The number of nitriles is 1. The highest BCUT2D eigenvalue weighted by Gasteiger charge is 2.11. The van der Waals surface area contributed by atoms with Gasteiger partial charge in [-0.3, -0.25) is 4.79 Å². The number of hydrogen-bond donors (Lipinski definition) is 2. The lowest BCUT2D eigenvalue weighted by atomic mass is 9.93. The molecule has 3 aromatic carbocycles. The Balaban J connectivity index is 2.25. The van der Waals surface area contributed by atoms with E-state index in [9.17, 15) is 10.1 Å². The van der Waals surface area contributed by atoms with Gasteiger partial charge in [-0.05, 0) is 58.7 Å². The van der Waals surface area contributed by atoms with Crippen molar-refractivity contribution >= 4 is 22.6 Å². The van der Waals surface area contributed by atoms with E-state index in [4.69, 9.17) is 11.5 Å². The number of carbonyl (C=O) groups excluding carboxylic acids is 1. The average molecular weight is 328 g/mol. The smallest absolute Gasteiger partial charge is 0.280 e. The number of hydrogen-bond acceptors (Lipinski definition) is 2. The highest BCUT2D eigenvalue weighted by atomic mass is 16.1. The zero-order valence-corrected chi connectivity index (χ0v) is 13.7. The van der Waals surface area contributed by atoms with Crippen molar-refractivity contribution in [3.63, 3.8) is 0 Å². The Kier molecular flexibility index (Phi) is 4.19. The summed E-state index contributed by atoms with van der Waals surface area (Å²) < 4.78 is 0. The fraction of sp³-hybridized carbons (Fsp3) is 0.0500. The molecule has 0 aliphatic carbocycles. The molecule has 4 N–H and O–H groups in total. The van der Waals surface area contributed by atoms with Crippen molar-refractivity contribution in [3.8, 4) is 17.2 Å². The maximum atomic E-state index is 12.1. The van der Waals surface area contributed by atoms with Crippen LogP contribution in [0.25, 0.3) is 21.9 Å². The fourth-order valence-electron chi connectivity index (χ4n) is 2.80. The molecule has 122 valence electrons. The zero-order chi connectivity index (χ0) is 18.0. The molecule has 25 heavy (non-hydrogen) atoms. The Bertz CT molecular complexity index is 1060. The van der Waals surface area contributed by atoms with Crippen LogP contribution in [0.5, 0.6) is 0 Å². The topological polar surface area (TPSA) is 105 Å². The van der Waals surface area contributed by atoms with Gasteiger partial charge in [-0.15, -0.1) is 0 Å². The number of nitrogens with two attached hydrogens (primary N) is 2. The van der Waals surface area contributed by atoms with Crippen molar-refractivity contribution in [3.05, 3.63) is 71.3 Å². The second-order valence-corrected chi connectivity index (χ2v) is 5.72. The minimum atomic E-state index is -0.487. The minimum absolute atomic E-state index is 0.268. The third-order valence-electron chi connectivity index (χ3n) is 4.02. The lowest BCUT2D eigenvalue weighted by Crippen LogP contribution is -2.24. The molecule has 0 heterocycles. The number of aliphatic imine (C=N–C) groups is 1. The Hall–Kier alpha value is -3.65. The van der Waals surface area contributed by atoms with Crippen molar-refractivity contribution in [2.75, 3.05) is 0 Å². The van der Waals surface area contributed by atoms with Gasteiger partial charge in [0.25, 0.3) is 5.91 Å². The van der Waals surface area contributed by atoms with Gasteiger partial charge in [0.05, 0.1) is 11.6 Å². The number of aryl methyl sites for hydroxylation is 1. The van der Waals surface area contributed by atoms with Crippen LogP contribution >= 0.6 is 0 Å². The van der Waals surface area contributed by atoms with Gasteiger partial charge in [0.2, 0.25) is 0 Å². The van der Waals surface area contributed by atoms with Crippen LogP contribution in [-0.2, 0) is 0 Å². The van der Waals surface area contributed by atoms with Crippen molar-refractivity contribution in [1.29, 1.82) is 5.26 Å². The molecule has 0 spiro atoms. The van der Waals surface area contributed by atoms with E-state index in [0.717, 1.165) is 27.5 Å². The van der Waals surface area contributed by atoms with Gasteiger partial charge in [-0.25, -0.2) is 0 Å². The number of amides is 1. The largest absolute Gasteiger partial charge is 0.370 e. The van der Waals surface area contributed by atoms with Crippen LogP contribution in [0, 0.1) is 18.3 Å². The van der Waals surface area contributed by atoms with Crippen molar-refractivity contribution in [1.82, 2.24) is 0 Å². The van der Waals surface area contributed by atoms with E-state index in [-0.39, 0.29) is 5.96 Å². The number of guanidine groups is 1. The second kappa shape index (κ2) is 6.46. The molecule has 1 amide bonds. The molecule has 3 rings (SSSR count). The van der Waals surface area contributed by atoms with Gasteiger partial charge in [-0.1, -0.05) is 30.3 Å². The molecule has 0 saturated carbocycles. The highest BCUT2D eigenvalue weighted by Crippen LogP contribution is 2.32. The van der Waals surface area contributed by atoms with Crippen LogP contribution in [0.2, 0.25) is 0 Å². The van der Waals surface area contributed by atoms with Gasteiger partial charge < -0.3 is 11.5 Å². The van der Waals surface area contributed by atoms with Gasteiger partial charge in [-0.2, -0.15) is 10.3 Å². The van der Waals surface area contributed by atoms with E-state index in [1.165, 1.54) is 0 Å². The average Bonchev–Trinajstić information content (AvgIpc) is 2.60. The maximum absolute atomic E-state index is 12.1. The monoisotopic (exact) mass is 328 g/mol. The van der Waals surface area contributed by atoms with Gasteiger partial charge in [0.15, 0.2) is 5.96 Å². The first-order valence-corrected chi connectivity index (χ1v) is 7.67.